The molecule has 3 heteroatoms. The topological polar surface area (TPSA) is 17.1 Å². The van der Waals surface area contributed by atoms with E-state index in [2.05, 4.69) is 6.58 Å². The number of ketones is 1. The van der Waals surface area contributed by atoms with Gasteiger partial charge in [-0.25, -0.2) is 0 Å². The molecule has 0 amide bonds. The second-order valence-electron chi connectivity index (χ2n) is 0.815. The van der Waals surface area contributed by atoms with Gasteiger partial charge in [-0.3, -0.25) is 4.79 Å². The Labute approximate surface area is 91.1 Å². The van der Waals surface area contributed by atoms with Crippen LogP contribution in [0, 0.1) is 0 Å². The van der Waals surface area contributed by atoms with Gasteiger partial charge < -0.3 is 2.85 Å². The summed E-state index contributed by atoms with van der Waals surface area (Å²) in [5, 5.41) is 0. The molecule has 0 N–H and O–H groups in total. The second-order valence-corrected chi connectivity index (χ2v) is 0.815. The van der Waals surface area contributed by atoms with Crippen molar-refractivity contribution in [1.29, 1.82) is 0 Å². The Balaban J connectivity index is -0.0000000133. The molecule has 0 aliphatic heterocycles. The van der Waals surface area contributed by atoms with E-state index in [1.54, 1.807) is 0 Å². The Bertz CT molecular complexity index is 67.6. The molecule has 0 bridgehead atoms. The van der Waals surface area contributed by atoms with Crippen LogP contribution in [-0.4, -0.2) is 5.78 Å². The fourth-order valence-electron chi connectivity index (χ4n) is 0. The maximum absolute atomic E-state index is 9.69. The maximum atomic E-state index is 9.69. The van der Waals surface area contributed by atoms with Gasteiger partial charge in [-0.05, 0) is 13.0 Å². The number of allylic oxidation sites excluding steroid dienone is 1. The summed E-state index contributed by atoms with van der Waals surface area (Å²) in [7, 11) is 0. The number of rotatable bonds is 1. The van der Waals surface area contributed by atoms with Crippen LogP contribution in [0.4, 0.5) is 0 Å². The van der Waals surface area contributed by atoms with Gasteiger partial charge in [0.1, 0.15) is 0 Å². The van der Waals surface area contributed by atoms with Gasteiger partial charge in [-0.15, -0.1) is 0 Å². The molecule has 7 heavy (non-hydrogen) atoms. The van der Waals surface area contributed by atoms with Crippen LogP contribution < -0.4 is 59.1 Å². The summed E-state index contributed by atoms with van der Waals surface area (Å²) in [6.07, 6.45) is 1.28. The van der Waals surface area contributed by atoms with E-state index in [-0.39, 0.29) is 67.8 Å². The molecule has 0 aromatic rings. The van der Waals surface area contributed by atoms with E-state index in [0.717, 1.165) is 0 Å². The van der Waals surface area contributed by atoms with Crippen LogP contribution in [0.5, 0.6) is 0 Å². The molecule has 0 unspecified atom stereocenters. The summed E-state index contributed by atoms with van der Waals surface area (Å²) in [5.74, 6) is 0.0185. The van der Waals surface area contributed by atoms with Crippen LogP contribution in [-0.2, 0) is 4.79 Å². The van der Waals surface area contributed by atoms with Gasteiger partial charge in [-0.2, -0.15) is 0 Å². The molecule has 0 radical (unpaired) electrons. The molecule has 0 fully saturated rings. The third-order valence-corrected chi connectivity index (χ3v) is 0.287. The molecule has 0 aromatic heterocycles. The molecular weight excluding hydrogens is 110 g/mol. The van der Waals surface area contributed by atoms with Crippen molar-refractivity contribution in [3.63, 3.8) is 0 Å². The first-order valence-electron chi connectivity index (χ1n) is 1.40. The SMILES string of the molecule is C=CC(C)=O.[H-].[H-].[Na+].[Na+]. The van der Waals surface area contributed by atoms with Crippen LogP contribution in [0.2, 0.25) is 0 Å². The first-order valence-corrected chi connectivity index (χ1v) is 1.40. The van der Waals surface area contributed by atoms with Crippen LogP contribution >= 0.6 is 0 Å². The molecular formula is C4H8Na2O. The number of carbonyl (C=O) groups excluding carboxylic acids is 1. The van der Waals surface area contributed by atoms with Gasteiger partial charge in [0.25, 0.3) is 0 Å². The van der Waals surface area contributed by atoms with Crippen LogP contribution in [0.25, 0.3) is 0 Å². The predicted molar refractivity (Wildman–Crippen MR) is 23.1 cm³/mol. The van der Waals surface area contributed by atoms with Crippen LogP contribution in [0.1, 0.15) is 9.78 Å². The quantitative estimate of drug-likeness (QED) is 0.249. The zero-order valence-electron chi connectivity index (χ0n) is 7.19. The van der Waals surface area contributed by atoms with Gasteiger partial charge in [0.2, 0.25) is 0 Å². The third kappa shape index (κ3) is 18.7. The molecule has 0 spiro atoms. The van der Waals surface area contributed by atoms with Crippen molar-refractivity contribution in [2.45, 2.75) is 6.92 Å². The van der Waals surface area contributed by atoms with E-state index in [1.165, 1.54) is 13.0 Å². The Hall–Kier alpha value is 1.41. The minimum atomic E-state index is 0. The number of carbonyl (C=O) groups is 1. The molecule has 0 heterocycles. The molecule has 0 saturated carbocycles. The normalized spacial score (nSPS) is 4.71. The Kier molecular flexibility index (Phi) is 23.4. The zero-order chi connectivity index (χ0) is 4.28. The molecule has 0 aliphatic rings. The molecule has 32 valence electrons. The molecule has 1 nitrogen and oxygen atoms in total. The van der Waals surface area contributed by atoms with Crippen molar-refractivity contribution >= 4 is 5.78 Å². The Morgan fingerprint density at radius 3 is 1.86 bits per heavy atom. The van der Waals surface area contributed by atoms with E-state index in [9.17, 15) is 4.79 Å². The number of hydrogen-bond acceptors (Lipinski definition) is 1. The van der Waals surface area contributed by atoms with Crippen molar-refractivity contribution in [2.75, 3.05) is 0 Å². The summed E-state index contributed by atoms with van der Waals surface area (Å²) >= 11 is 0. The third-order valence-electron chi connectivity index (χ3n) is 0.287. The summed E-state index contributed by atoms with van der Waals surface area (Å²) in [6.45, 7) is 4.68. The van der Waals surface area contributed by atoms with Crippen molar-refractivity contribution in [1.82, 2.24) is 0 Å². The van der Waals surface area contributed by atoms with E-state index in [4.69, 9.17) is 0 Å². The predicted octanol–water partition coefficient (Wildman–Crippen LogP) is -5.01. The fraction of sp³-hybridized carbons (Fsp3) is 0.250. The van der Waals surface area contributed by atoms with Crippen LogP contribution in [0.3, 0.4) is 0 Å². The van der Waals surface area contributed by atoms with E-state index in [1.807, 2.05) is 0 Å². The standard InChI is InChI=1S/C4H6O.2Na.2H/c1-3-4(2)5;;;;/h3H,1H2,2H3;;;;/q;2*+1;2*-1. The first-order chi connectivity index (χ1) is 2.27. The Morgan fingerprint density at radius 2 is 1.86 bits per heavy atom. The van der Waals surface area contributed by atoms with Gasteiger partial charge in [0.05, 0.1) is 0 Å². The van der Waals surface area contributed by atoms with Crippen molar-refractivity contribution < 1.29 is 66.8 Å². The zero-order valence-corrected chi connectivity index (χ0v) is 9.19. The van der Waals surface area contributed by atoms with E-state index in [0.29, 0.717) is 0 Å². The van der Waals surface area contributed by atoms with Gasteiger partial charge in [0, 0.05) is 0 Å². The minimum Gasteiger partial charge on any atom is -1.00 e. The summed E-state index contributed by atoms with van der Waals surface area (Å²) in [4.78, 5) is 9.69. The average molecular weight is 118 g/mol. The smallest absolute Gasteiger partial charge is 1.00 e. The van der Waals surface area contributed by atoms with E-state index < -0.39 is 0 Å². The number of hydrogen-bond donors (Lipinski definition) is 0. The summed E-state index contributed by atoms with van der Waals surface area (Å²) < 4.78 is 0. The minimum absolute atomic E-state index is 0. The molecule has 0 rings (SSSR count). The van der Waals surface area contributed by atoms with Gasteiger partial charge >= 0.3 is 59.1 Å². The largest absolute Gasteiger partial charge is 1.00 e. The monoisotopic (exact) mass is 118 g/mol. The molecule has 0 aliphatic carbocycles. The fourth-order valence-corrected chi connectivity index (χ4v) is 0. The molecule has 0 aromatic carbocycles. The molecule has 0 atom stereocenters. The summed E-state index contributed by atoms with van der Waals surface area (Å²) in [6, 6.07) is 0. The van der Waals surface area contributed by atoms with Crippen LogP contribution in [0.15, 0.2) is 12.7 Å². The first kappa shape index (κ1) is 15.8. The van der Waals surface area contributed by atoms with Gasteiger partial charge in [0.15, 0.2) is 5.78 Å². The molecule has 0 saturated heterocycles. The average Bonchev–Trinajstić information content (AvgIpc) is 1.38. The van der Waals surface area contributed by atoms with Crippen molar-refractivity contribution in [2.24, 2.45) is 0 Å². The van der Waals surface area contributed by atoms with Crippen molar-refractivity contribution in [3.8, 4) is 0 Å². The second kappa shape index (κ2) is 10.4. The van der Waals surface area contributed by atoms with Gasteiger partial charge in [-0.1, -0.05) is 6.58 Å². The summed E-state index contributed by atoms with van der Waals surface area (Å²) in [5.41, 5.74) is 0. The van der Waals surface area contributed by atoms with Crippen molar-refractivity contribution in [3.05, 3.63) is 12.7 Å². The maximum Gasteiger partial charge on any atom is 1.00 e. The van der Waals surface area contributed by atoms with E-state index >= 15 is 0 Å². The Morgan fingerprint density at radius 1 is 1.71 bits per heavy atom.